The number of unbranched alkanes of at least 4 members (excludes halogenated alkanes) is 36. The van der Waals surface area contributed by atoms with Gasteiger partial charge in [-0.1, -0.05) is 307 Å². The molecule has 0 aliphatic carbocycles. The van der Waals surface area contributed by atoms with E-state index in [0.29, 0.717) is 10.8 Å². The zero-order valence-corrected chi connectivity index (χ0v) is 55.9. The minimum absolute atomic E-state index is 0. The maximum absolute atomic E-state index is 12.1. The van der Waals surface area contributed by atoms with Crippen LogP contribution in [-0.2, 0) is 45.9 Å². The molecular weight excluding hydrogens is 1110 g/mol. The van der Waals surface area contributed by atoms with Gasteiger partial charge in [0.15, 0.2) is 0 Å². The topological polar surface area (TPSA) is 114 Å². The van der Waals surface area contributed by atoms with Gasteiger partial charge in [0.2, 0.25) is 0 Å². The van der Waals surface area contributed by atoms with Crippen molar-refractivity contribution in [2.75, 3.05) is 0 Å². The number of fused-ring (bicyclic) bond motifs is 2. The molecule has 9 heteroatoms. The van der Waals surface area contributed by atoms with E-state index in [0.717, 1.165) is 73.3 Å². The molecule has 0 atom stereocenters. The van der Waals surface area contributed by atoms with E-state index < -0.39 is 20.2 Å². The van der Waals surface area contributed by atoms with Crippen LogP contribution in [0.15, 0.2) is 70.5 Å². The number of rotatable bonds is 46. The summed E-state index contributed by atoms with van der Waals surface area (Å²) < 4.78 is 72.8. The Hall–Kier alpha value is -1.21. The summed E-state index contributed by atoms with van der Waals surface area (Å²) in [4.78, 5) is -0.0796. The molecule has 432 valence electrons. The molecule has 4 aromatic carbocycles. The Bertz CT molecular complexity index is 2160. The standard InChI is InChI=1S/2C34H56O3S.Ba/c2*1-3-5-7-9-11-13-15-17-19-21-25-30-29-34(38(35,36)37)33-28-24-23-27-32(33)31(30)26-22-20-18-16-14-12-10-8-6-4-2;/h2*23-24,27-29H,3-22,25-26H2,1-2H3,(H,35,36,37);/q;;+2/p-2. The largest absolute Gasteiger partial charge is 2.00 e. The van der Waals surface area contributed by atoms with Crippen LogP contribution < -0.4 is 0 Å². The van der Waals surface area contributed by atoms with Gasteiger partial charge in [0.25, 0.3) is 0 Å². The van der Waals surface area contributed by atoms with Crippen LogP contribution in [0.1, 0.15) is 307 Å². The van der Waals surface area contributed by atoms with E-state index in [1.807, 2.05) is 36.4 Å². The molecule has 0 aliphatic heterocycles. The van der Waals surface area contributed by atoms with E-state index in [1.165, 1.54) is 242 Å². The molecule has 0 aliphatic rings. The van der Waals surface area contributed by atoms with Crippen molar-refractivity contribution in [3.05, 3.63) is 82.9 Å². The van der Waals surface area contributed by atoms with Crippen LogP contribution in [-0.4, -0.2) is 74.8 Å². The third kappa shape index (κ3) is 31.2. The molecule has 0 aromatic heterocycles. The predicted octanol–water partition coefficient (Wildman–Crippen LogP) is 21.0. The number of benzene rings is 4. The van der Waals surface area contributed by atoms with E-state index in [1.54, 1.807) is 24.3 Å². The van der Waals surface area contributed by atoms with Crippen molar-refractivity contribution in [2.45, 2.75) is 320 Å². The monoisotopic (exact) mass is 1220 g/mol. The second-order valence-electron chi connectivity index (χ2n) is 22.8. The molecule has 77 heavy (non-hydrogen) atoms. The average Bonchev–Trinajstić information content (AvgIpc) is 3.43. The molecule has 6 nitrogen and oxygen atoms in total. The van der Waals surface area contributed by atoms with E-state index in [9.17, 15) is 25.9 Å². The van der Waals surface area contributed by atoms with Gasteiger partial charge in [0, 0.05) is 0 Å². The molecule has 0 amide bonds. The van der Waals surface area contributed by atoms with Crippen molar-refractivity contribution in [3.63, 3.8) is 0 Å². The molecule has 0 spiro atoms. The van der Waals surface area contributed by atoms with Crippen LogP contribution in [0.5, 0.6) is 0 Å². The van der Waals surface area contributed by atoms with E-state index in [4.69, 9.17) is 0 Å². The molecule has 0 fully saturated rings. The third-order valence-electron chi connectivity index (χ3n) is 16.1. The van der Waals surface area contributed by atoms with Gasteiger partial charge < -0.3 is 9.11 Å². The van der Waals surface area contributed by atoms with Crippen LogP contribution in [0.2, 0.25) is 0 Å². The Morgan fingerprint density at radius 2 is 0.481 bits per heavy atom. The minimum atomic E-state index is -4.52. The van der Waals surface area contributed by atoms with Gasteiger partial charge in [-0.05, 0) is 107 Å². The van der Waals surface area contributed by atoms with Crippen LogP contribution in [0.4, 0.5) is 0 Å². The van der Waals surface area contributed by atoms with Crippen LogP contribution >= 0.6 is 0 Å². The van der Waals surface area contributed by atoms with Gasteiger partial charge >= 0.3 is 48.9 Å². The second-order valence-corrected chi connectivity index (χ2v) is 25.4. The summed E-state index contributed by atoms with van der Waals surface area (Å²) in [7, 11) is -9.03. The third-order valence-corrected chi connectivity index (χ3v) is 17.9. The van der Waals surface area contributed by atoms with E-state index in [2.05, 4.69) is 27.7 Å². The van der Waals surface area contributed by atoms with Gasteiger partial charge in [-0.3, -0.25) is 0 Å². The van der Waals surface area contributed by atoms with Crippen molar-refractivity contribution in [1.29, 1.82) is 0 Å². The summed E-state index contributed by atoms with van der Waals surface area (Å²) in [6, 6.07) is 18.7. The summed E-state index contributed by atoms with van der Waals surface area (Å²) in [6.07, 6.45) is 55.3. The first-order valence-corrected chi connectivity index (χ1v) is 34.8. The molecule has 0 saturated carbocycles. The molecule has 0 N–H and O–H groups in total. The molecule has 4 aromatic rings. The van der Waals surface area contributed by atoms with Gasteiger partial charge in [0.05, 0.1) is 9.79 Å². The molecular formula is C68H110BaO6S2. The zero-order chi connectivity index (χ0) is 55.0. The van der Waals surface area contributed by atoms with Crippen LogP contribution in [0.3, 0.4) is 0 Å². The fraction of sp³-hybridized carbons (Fsp3) is 0.706. The average molecular weight is 1230 g/mol. The summed E-state index contributed by atoms with van der Waals surface area (Å²) in [6.45, 7) is 9.04. The first kappa shape index (κ1) is 71.9. The molecule has 0 saturated heterocycles. The smallest absolute Gasteiger partial charge is 0.744 e. The Labute approximate surface area is 514 Å². The second kappa shape index (κ2) is 45.3. The van der Waals surface area contributed by atoms with Crippen molar-refractivity contribution < 1.29 is 25.9 Å². The van der Waals surface area contributed by atoms with Gasteiger partial charge in [-0.25, -0.2) is 16.8 Å². The molecule has 4 rings (SSSR count). The van der Waals surface area contributed by atoms with Crippen molar-refractivity contribution in [3.8, 4) is 0 Å². The quantitative estimate of drug-likeness (QED) is 0.0247. The van der Waals surface area contributed by atoms with Crippen molar-refractivity contribution in [2.24, 2.45) is 0 Å². The summed E-state index contributed by atoms with van der Waals surface area (Å²) in [5.74, 6) is 0. The predicted molar refractivity (Wildman–Crippen MR) is 332 cm³/mol. The number of aryl methyl sites for hydroxylation is 4. The fourth-order valence-electron chi connectivity index (χ4n) is 11.5. The van der Waals surface area contributed by atoms with Crippen molar-refractivity contribution >= 4 is 90.7 Å². The molecule has 0 radical (unpaired) electrons. The summed E-state index contributed by atoms with van der Waals surface area (Å²) >= 11 is 0. The first-order chi connectivity index (χ1) is 37.0. The Morgan fingerprint density at radius 3 is 0.701 bits per heavy atom. The van der Waals surface area contributed by atoms with Gasteiger partial charge in [-0.2, -0.15) is 0 Å². The van der Waals surface area contributed by atoms with E-state index >= 15 is 0 Å². The first-order valence-electron chi connectivity index (χ1n) is 32.0. The summed E-state index contributed by atoms with van der Waals surface area (Å²) in [5, 5.41) is 3.11. The number of hydrogen-bond donors (Lipinski definition) is 0. The number of hydrogen-bond acceptors (Lipinski definition) is 6. The molecule has 0 heterocycles. The maximum atomic E-state index is 12.1. The SMILES string of the molecule is CCCCCCCCCCCCc1cc(S(=O)(=O)[O-])c2ccccc2c1CCCCCCCCCCCC.CCCCCCCCCCCCc1cc(S(=O)(=O)[O-])c2ccccc2c1CCCCCCCCCCCC.[Ba+2]. The van der Waals surface area contributed by atoms with E-state index in [-0.39, 0.29) is 58.7 Å². The Kier molecular flexibility index (Phi) is 42.3. The Balaban J connectivity index is 0.000000520. The van der Waals surface area contributed by atoms with Crippen LogP contribution in [0, 0.1) is 0 Å². The summed E-state index contributed by atoms with van der Waals surface area (Å²) in [5.41, 5.74) is 4.69. The normalized spacial score (nSPS) is 11.8. The molecule has 0 bridgehead atoms. The minimum Gasteiger partial charge on any atom is -0.744 e. The van der Waals surface area contributed by atoms with Crippen LogP contribution in [0.25, 0.3) is 21.5 Å². The zero-order valence-electron chi connectivity index (χ0n) is 49.9. The van der Waals surface area contributed by atoms with Crippen molar-refractivity contribution in [1.82, 2.24) is 0 Å². The fourth-order valence-corrected chi connectivity index (χ4v) is 13.0. The Morgan fingerprint density at radius 1 is 0.286 bits per heavy atom. The maximum Gasteiger partial charge on any atom is 2.00 e. The molecule has 0 unspecified atom stereocenters. The van der Waals surface area contributed by atoms with Gasteiger partial charge in [0.1, 0.15) is 20.2 Å². The van der Waals surface area contributed by atoms with Gasteiger partial charge in [-0.15, -0.1) is 0 Å².